The van der Waals surface area contributed by atoms with Gasteiger partial charge in [0.05, 0.1) is 0 Å². The first kappa shape index (κ1) is 13.4. The van der Waals surface area contributed by atoms with Gasteiger partial charge in [-0.2, -0.15) is 10.1 Å². The van der Waals surface area contributed by atoms with Crippen molar-refractivity contribution >= 4 is 11.9 Å². The molecule has 21 heavy (non-hydrogen) atoms. The molecule has 0 aliphatic carbocycles. The highest BCUT2D eigenvalue weighted by molar-refractivity contribution is 5.90. The summed E-state index contributed by atoms with van der Waals surface area (Å²) >= 11 is 0. The number of rotatable bonds is 3. The summed E-state index contributed by atoms with van der Waals surface area (Å²) in [6, 6.07) is 7.87. The number of fused-ring (bicyclic) bond motifs is 1. The molecule has 1 aliphatic rings. The number of nitrogens with one attached hydrogen (secondary N) is 1. The number of nitrogens with zero attached hydrogens (tertiary/aromatic N) is 3. The monoisotopic (exact) mass is 284 g/mol. The van der Waals surface area contributed by atoms with Crippen LogP contribution < -0.4 is 5.32 Å². The van der Waals surface area contributed by atoms with Gasteiger partial charge in [-0.05, 0) is 23.1 Å². The number of hydrogen-bond acceptors (Lipinski definition) is 4. The molecule has 0 amide bonds. The molecule has 6 heteroatoms. The van der Waals surface area contributed by atoms with E-state index in [1.165, 1.54) is 11.9 Å². The smallest absolute Gasteiger partial charge is 0.352 e. The first-order valence-corrected chi connectivity index (χ1v) is 6.77. The topological polar surface area (TPSA) is 80.0 Å². The minimum Gasteiger partial charge on any atom is -0.477 e. The highest BCUT2D eigenvalue weighted by Crippen LogP contribution is 2.29. The molecule has 0 spiro atoms. The van der Waals surface area contributed by atoms with E-state index >= 15 is 0 Å². The van der Waals surface area contributed by atoms with Crippen molar-refractivity contribution in [1.82, 2.24) is 14.8 Å². The maximum absolute atomic E-state index is 11.2. The zero-order valence-corrected chi connectivity index (χ0v) is 11.8. The van der Waals surface area contributed by atoms with E-state index in [2.05, 4.69) is 41.4 Å². The van der Waals surface area contributed by atoms with Gasteiger partial charge in [0.1, 0.15) is 18.1 Å². The second-order valence-electron chi connectivity index (χ2n) is 5.30. The van der Waals surface area contributed by atoms with E-state index in [1.54, 1.807) is 10.8 Å². The van der Waals surface area contributed by atoms with E-state index in [-0.39, 0.29) is 11.7 Å². The molecule has 108 valence electrons. The van der Waals surface area contributed by atoms with Gasteiger partial charge in [-0.15, -0.1) is 0 Å². The quantitative estimate of drug-likeness (QED) is 0.904. The summed E-state index contributed by atoms with van der Waals surface area (Å²) in [6.07, 6.45) is 3.06. The van der Waals surface area contributed by atoms with Crippen molar-refractivity contribution in [1.29, 1.82) is 0 Å². The van der Waals surface area contributed by atoms with Gasteiger partial charge in [0.15, 0.2) is 0 Å². The summed E-state index contributed by atoms with van der Waals surface area (Å²) in [4.78, 5) is 15.3. The fourth-order valence-electron chi connectivity index (χ4n) is 2.37. The molecule has 0 fully saturated rings. The van der Waals surface area contributed by atoms with Crippen molar-refractivity contribution in [3.05, 3.63) is 53.5 Å². The van der Waals surface area contributed by atoms with Gasteiger partial charge in [-0.25, -0.2) is 9.48 Å². The highest BCUT2D eigenvalue weighted by Gasteiger charge is 2.25. The van der Waals surface area contributed by atoms with Crippen molar-refractivity contribution in [2.24, 2.45) is 0 Å². The number of carboxylic acids is 1. The Morgan fingerprint density at radius 3 is 2.67 bits per heavy atom. The molecule has 2 aromatic rings. The molecule has 0 saturated heterocycles. The molecule has 2 heterocycles. The molecule has 0 radical (unpaired) electrons. The van der Waals surface area contributed by atoms with Crippen molar-refractivity contribution in [3.8, 4) is 0 Å². The lowest BCUT2D eigenvalue weighted by molar-refractivity contribution is -0.132. The number of benzene rings is 1. The van der Waals surface area contributed by atoms with Gasteiger partial charge in [0.25, 0.3) is 0 Å². The molecule has 0 unspecified atom stereocenters. The predicted octanol–water partition coefficient (Wildman–Crippen LogP) is 2.38. The summed E-state index contributed by atoms with van der Waals surface area (Å²) < 4.78 is 1.68. The third kappa shape index (κ3) is 2.40. The maximum Gasteiger partial charge on any atom is 0.352 e. The summed E-state index contributed by atoms with van der Waals surface area (Å²) in [5.41, 5.74) is 2.34. The van der Waals surface area contributed by atoms with E-state index in [0.717, 1.165) is 5.56 Å². The van der Waals surface area contributed by atoms with Crippen LogP contribution >= 0.6 is 0 Å². The summed E-state index contributed by atoms with van der Waals surface area (Å²) in [7, 11) is 0. The number of hydrogen-bond donors (Lipinski definition) is 2. The fourth-order valence-corrected chi connectivity index (χ4v) is 2.37. The first-order chi connectivity index (χ1) is 10.1. The Kier molecular flexibility index (Phi) is 3.21. The Morgan fingerprint density at radius 2 is 2.05 bits per heavy atom. The van der Waals surface area contributed by atoms with Crippen LogP contribution in [0.4, 0.5) is 5.95 Å². The number of allylic oxidation sites excluding steroid dienone is 1. The van der Waals surface area contributed by atoms with Crippen molar-refractivity contribution < 1.29 is 9.90 Å². The second kappa shape index (κ2) is 5.05. The minimum absolute atomic E-state index is 0.119. The van der Waals surface area contributed by atoms with E-state index in [1.807, 2.05) is 12.1 Å². The second-order valence-corrected chi connectivity index (χ2v) is 5.30. The van der Waals surface area contributed by atoms with Gasteiger partial charge in [-0.1, -0.05) is 38.1 Å². The Morgan fingerprint density at radius 1 is 1.33 bits per heavy atom. The summed E-state index contributed by atoms with van der Waals surface area (Å²) in [5.74, 6) is -0.111. The Balaban J connectivity index is 2.02. The largest absolute Gasteiger partial charge is 0.477 e. The van der Waals surface area contributed by atoms with Crippen LogP contribution in [0.2, 0.25) is 0 Å². The van der Waals surface area contributed by atoms with E-state index in [9.17, 15) is 9.90 Å². The van der Waals surface area contributed by atoms with Crippen LogP contribution in [0, 0.1) is 0 Å². The van der Waals surface area contributed by atoms with Crippen LogP contribution in [-0.4, -0.2) is 25.8 Å². The highest BCUT2D eigenvalue weighted by atomic mass is 16.4. The zero-order valence-electron chi connectivity index (χ0n) is 11.8. The molecule has 0 bridgehead atoms. The van der Waals surface area contributed by atoms with Crippen LogP contribution in [0.3, 0.4) is 0 Å². The molecule has 1 aromatic heterocycles. The van der Waals surface area contributed by atoms with Crippen LogP contribution in [0.5, 0.6) is 0 Å². The number of carbonyl (C=O) groups is 1. The first-order valence-electron chi connectivity index (χ1n) is 6.77. The van der Waals surface area contributed by atoms with Gasteiger partial charge in [0, 0.05) is 0 Å². The van der Waals surface area contributed by atoms with Crippen molar-refractivity contribution in [2.75, 3.05) is 5.32 Å². The van der Waals surface area contributed by atoms with Crippen molar-refractivity contribution in [2.45, 2.75) is 25.8 Å². The lowest BCUT2D eigenvalue weighted by Crippen LogP contribution is -2.24. The number of aliphatic carboxylic acids is 1. The van der Waals surface area contributed by atoms with Crippen LogP contribution in [0.1, 0.15) is 36.9 Å². The van der Waals surface area contributed by atoms with Crippen LogP contribution in [0.15, 0.2) is 42.4 Å². The van der Waals surface area contributed by atoms with E-state index in [0.29, 0.717) is 11.9 Å². The zero-order chi connectivity index (χ0) is 15.0. The maximum atomic E-state index is 11.2. The van der Waals surface area contributed by atoms with Gasteiger partial charge >= 0.3 is 5.97 Å². The van der Waals surface area contributed by atoms with E-state index < -0.39 is 5.97 Å². The fraction of sp³-hybridized carbons (Fsp3) is 0.267. The molecule has 6 nitrogen and oxygen atoms in total. The molecular formula is C15H16N4O2. The molecule has 3 rings (SSSR count). The molecule has 1 atom stereocenters. The summed E-state index contributed by atoms with van der Waals surface area (Å²) in [5, 5.41) is 16.1. The Labute approximate surface area is 122 Å². The Hall–Kier alpha value is -2.63. The molecular weight excluding hydrogens is 268 g/mol. The third-order valence-electron chi connectivity index (χ3n) is 3.58. The van der Waals surface area contributed by atoms with Crippen molar-refractivity contribution in [3.63, 3.8) is 0 Å². The standard InChI is InChI=1S/C15H16N4O2/c1-9(2)10-3-5-11(6-4-10)13-7-12(14(20)21)18-15-16-8-17-19(13)15/h3-9,13H,1-2H3,(H,20,21)(H,16,17,18)/t13-/m0/s1. The van der Waals surface area contributed by atoms with E-state index in [4.69, 9.17) is 0 Å². The molecule has 2 N–H and O–H groups in total. The number of aromatic nitrogens is 3. The molecule has 1 aliphatic heterocycles. The average molecular weight is 284 g/mol. The predicted molar refractivity (Wildman–Crippen MR) is 78.0 cm³/mol. The Bertz CT molecular complexity index is 701. The number of anilines is 1. The van der Waals surface area contributed by atoms with Crippen LogP contribution in [0.25, 0.3) is 0 Å². The summed E-state index contributed by atoms with van der Waals surface area (Å²) in [6.45, 7) is 4.27. The SMILES string of the molecule is CC(C)c1ccc([C@@H]2C=C(C(=O)O)Nc3ncnn32)cc1. The average Bonchev–Trinajstić information content (AvgIpc) is 2.94. The van der Waals surface area contributed by atoms with Crippen LogP contribution in [-0.2, 0) is 4.79 Å². The minimum atomic E-state index is -1.01. The lowest BCUT2D eigenvalue weighted by atomic mass is 9.98. The molecule has 0 saturated carbocycles. The van der Waals surface area contributed by atoms with Gasteiger partial charge in [-0.3, -0.25) is 0 Å². The lowest BCUT2D eigenvalue weighted by Gasteiger charge is -2.22. The van der Waals surface area contributed by atoms with Gasteiger partial charge in [0.2, 0.25) is 5.95 Å². The third-order valence-corrected chi connectivity index (χ3v) is 3.58. The normalized spacial score (nSPS) is 17.1. The molecule has 1 aromatic carbocycles. The number of carboxylic acid groups (broad SMARTS) is 1. The van der Waals surface area contributed by atoms with Gasteiger partial charge < -0.3 is 10.4 Å².